The lowest BCUT2D eigenvalue weighted by molar-refractivity contribution is 0.271. The fourth-order valence-electron chi connectivity index (χ4n) is 2.75. The van der Waals surface area contributed by atoms with E-state index < -0.39 is 9.84 Å². The molecule has 2 unspecified atom stereocenters. The molecule has 2 atom stereocenters. The van der Waals surface area contributed by atoms with Gasteiger partial charge in [0.25, 0.3) is 0 Å². The van der Waals surface area contributed by atoms with E-state index in [9.17, 15) is 8.42 Å². The van der Waals surface area contributed by atoms with Gasteiger partial charge in [-0.05, 0) is 44.6 Å². The van der Waals surface area contributed by atoms with Crippen LogP contribution in [-0.2, 0) is 9.84 Å². The average Bonchev–Trinajstić information content (AvgIpc) is 2.14. The van der Waals surface area contributed by atoms with Crippen molar-refractivity contribution in [2.45, 2.75) is 56.2 Å². The molecule has 2 saturated carbocycles. The van der Waals surface area contributed by atoms with E-state index in [1.54, 1.807) is 0 Å². The van der Waals surface area contributed by atoms with Crippen molar-refractivity contribution >= 4 is 9.84 Å². The maximum Gasteiger partial charge on any atom is 0.150 e. The van der Waals surface area contributed by atoms with Crippen LogP contribution in [0.1, 0.15) is 44.9 Å². The van der Waals surface area contributed by atoms with Crippen molar-refractivity contribution in [3.63, 3.8) is 0 Å². The molecule has 3 nitrogen and oxygen atoms in total. The second kappa shape index (κ2) is 5.05. The van der Waals surface area contributed by atoms with Crippen LogP contribution in [0.5, 0.6) is 0 Å². The summed E-state index contributed by atoms with van der Waals surface area (Å²) in [5.41, 5.74) is 0. The summed E-state index contributed by atoms with van der Waals surface area (Å²) >= 11 is 0. The molecule has 2 aliphatic carbocycles. The van der Waals surface area contributed by atoms with Crippen LogP contribution in [0.4, 0.5) is 0 Å². The third-order valence-electron chi connectivity index (χ3n) is 4.15. The fourth-order valence-corrected chi connectivity index (χ4v) is 3.93. The Hall–Kier alpha value is -0.0900. The smallest absolute Gasteiger partial charge is 0.150 e. The summed E-state index contributed by atoms with van der Waals surface area (Å²) in [6, 6.07) is 0.439. The van der Waals surface area contributed by atoms with Crippen LogP contribution >= 0.6 is 0 Å². The van der Waals surface area contributed by atoms with Gasteiger partial charge in [-0.15, -0.1) is 0 Å². The number of hydrogen-bond donors (Lipinski definition) is 1. The summed E-state index contributed by atoms with van der Waals surface area (Å²) < 4.78 is 23.0. The molecule has 2 rings (SSSR count). The summed E-state index contributed by atoms with van der Waals surface area (Å²) in [6.45, 7) is 1.10. The van der Waals surface area contributed by atoms with Gasteiger partial charge >= 0.3 is 0 Å². The van der Waals surface area contributed by atoms with E-state index in [1.165, 1.54) is 25.5 Å². The molecule has 4 heteroatoms. The number of nitrogens with one attached hydrogen (secondary N) is 1. The Morgan fingerprint density at radius 2 is 1.81 bits per heavy atom. The lowest BCUT2D eigenvalue weighted by Gasteiger charge is -2.32. The second-order valence-electron chi connectivity index (χ2n) is 5.52. The van der Waals surface area contributed by atoms with Gasteiger partial charge in [0.05, 0.1) is 5.25 Å². The molecule has 0 heterocycles. The highest BCUT2D eigenvalue weighted by Gasteiger charge is 2.29. The number of hydrogen-bond acceptors (Lipinski definition) is 3. The molecule has 2 fully saturated rings. The molecular formula is C12H23NO2S. The van der Waals surface area contributed by atoms with Crippen molar-refractivity contribution in [2.24, 2.45) is 5.92 Å². The van der Waals surface area contributed by atoms with Crippen molar-refractivity contribution in [1.82, 2.24) is 5.32 Å². The molecule has 0 amide bonds. The Morgan fingerprint density at radius 3 is 2.38 bits per heavy atom. The quantitative estimate of drug-likeness (QED) is 0.820. The van der Waals surface area contributed by atoms with Gasteiger partial charge in [-0.25, -0.2) is 8.42 Å². The van der Waals surface area contributed by atoms with E-state index in [2.05, 4.69) is 5.32 Å². The monoisotopic (exact) mass is 245 g/mol. The second-order valence-corrected chi connectivity index (χ2v) is 7.85. The van der Waals surface area contributed by atoms with Gasteiger partial charge in [-0.3, -0.25) is 0 Å². The molecule has 16 heavy (non-hydrogen) atoms. The highest BCUT2D eigenvalue weighted by atomic mass is 32.2. The van der Waals surface area contributed by atoms with Gasteiger partial charge in [0.2, 0.25) is 0 Å². The number of rotatable bonds is 4. The minimum Gasteiger partial charge on any atom is -0.314 e. The molecule has 1 N–H and O–H groups in total. The molecule has 2 aliphatic rings. The highest BCUT2D eigenvalue weighted by Crippen LogP contribution is 2.27. The lowest BCUT2D eigenvalue weighted by Crippen LogP contribution is -2.41. The predicted octanol–water partition coefficient (Wildman–Crippen LogP) is 1.73. The minimum atomic E-state index is -2.83. The SMILES string of the molecule is CS(=O)(=O)C1CCCC(NCC2CCC2)C1. The van der Waals surface area contributed by atoms with Crippen molar-refractivity contribution in [2.75, 3.05) is 12.8 Å². The maximum absolute atomic E-state index is 11.5. The van der Waals surface area contributed by atoms with Crippen LogP contribution in [0.15, 0.2) is 0 Å². The third-order valence-corrected chi connectivity index (χ3v) is 5.79. The van der Waals surface area contributed by atoms with E-state index in [0.717, 1.165) is 38.1 Å². The van der Waals surface area contributed by atoms with Gasteiger partial charge in [0.1, 0.15) is 9.84 Å². The summed E-state index contributed by atoms with van der Waals surface area (Å²) in [7, 11) is -2.83. The Labute approximate surface area is 98.9 Å². The zero-order valence-corrected chi connectivity index (χ0v) is 10.9. The Morgan fingerprint density at radius 1 is 1.12 bits per heavy atom. The van der Waals surface area contributed by atoms with E-state index >= 15 is 0 Å². The van der Waals surface area contributed by atoms with Crippen LogP contribution < -0.4 is 5.32 Å². The first kappa shape index (κ1) is 12.4. The Balaban J connectivity index is 1.77. The Bertz CT molecular complexity index is 322. The first-order valence-electron chi connectivity index (χ1n) is 6.48. The van der Waals surface area contributed by atoms with E-state index in [4.69, 9.17) is 0 Å². The zero-order valence-electron chi connectivity index (χ0n) is 10.1. The summed E-state index contributed by atoms with van der Waals surface area (Å²) in [4.78, 5) is 0. The normalized spacial score (nSPS) is 32.3. The largest absolute Gasteiger partial charge is 0.314 e. The van der Waals surface area contributed by atoms with Crippen LogP contribution in [0.2, 0.25) is 0 Å². The van der Waals surface area contributed by atoms with Crippen LogP contribution in [-0.4, -0.2) is 32.5 Å². The van der Waals surface area contributed by atoms with Crippen molar-refractivity contribution < 1.29 is 8.42 Å². The fraction of sp³-hybridized carbons (Fsp3) is 1.00. The van der Waals surface area contributed by atoms with Gasteiger partial charge < -0.3 is 5.32 Å². The van der Waals surface area contributed by atoms with Crippen LogP contribution in [0, 0.1) is 5.92 Å². The molecule has 0 bridgehead atoms. The molecule has 0 aromatic rings. The lowest BCUT2D eigenvalue weighted by atomic mass is 9.85. The summed E-state index contributed by atoms with van der Waals surface area (Å²) in [5, 5.41) is 3.46. The van der Waals surface area contributed by atoms with Gasteiger partial charge in [0.15, 0.2) is 0 Å². The van der Waals surface area contributed by atoms with Gasteiger partial charge in [-0.1, -0.05) is 12.8 Å². The predicted molar refractivity (Wildman–Crippen MR) is 66.2 cm³/mol. The van der Waals surface area contributed by atoms with Crippen LogP contribution in [0.3, 0.4) is 0 Å². The van der Waals surface area contributed by atoms with Crippen molar-refractivity contribution in [1.29, 1.82) is 0 Å². The topological polar surface area (TPSA) is 46.2 Å². The number of sulfone groups is 1. The van der Waals surface area contributed by atoms with Crippen molar-refractivity contribution in [3.05, 3.63) is 0 Å². The maximum atomic E-state index is 11.5. The molecule has 0 radical (unpaired) electrons. The minimum absolute atomic E-state index is 0.0971. The Kier molecular flexibility index (Phi) is 3.90. The van der Waals surface area contributed by atoms with Crippen molar-refractivity contribution in [3.8, 4) is 0 Å². The third kappa shape index (κ3) is 3.20. The molecule has 94 valence electrons. The molecule has 0 spiro atoms. The van der Waals surface area contributed by atoms with Gasteiger partial charge in [-0.2, -0.15) is 0 Å². The first-order valence-corrected chi connectivity index (χ1v) is 8.43. The average molecular weight is 245 g/mol. The van der Waals surface area contributed by atoms with Gasteiger partial charge in [0, 0.05) is 12.3 Å². The molecule has 0 saturated heterocycles. The summed E-state index contributed by atoms with van der Waals surface area (Å²) in [6.07, 6.45) is 9.37. The molecule has 0 aromatic carbocycles. The highest BCUT2D eigenvalue weighted by molar-refractivity contribution is 7.91. The molecule has 0 aliphatic heterocycles. The standard InChI is InChI=1S/C12H23NO2S/c1-16(14,15)12-7-3-6-11(8-12)13-9-10-4-2-5-10/h10-13H,2-9H2,1H3. The van der Waals surface area contributed by atoms with E-state index in [-0.39, 0.29) is 5.25 Å². The van der Waals surface area contributed by atoms with E-state index in [0.29, 0.717) is 6.04 Å². The molecule has 0 aromatic heterocycles. The van der Waals surface area contributed by atoms with E-state index in [1.807, 2.05) is 0 Å². The molecular weight excluding hydrogens is 222 g/mol. The van der Waals surface area contributed by atoms with Crippen LogP contribution in [0.25, 0.3) is 0 Å². The summed E-state index contributed by atoms with van der Waals surface area (Å²) in [5.74, 6) is 0.860. The first-order chi connectivity index (χ1) is 7.55. The zero-order chi connectivity index (χ0) is 11.6.